The minimum Gasteiger partial charge on any atom is -0.350 e. The molecule has 0 bridgehead atoms. The molecule has 1 rings (SSSR count). The van der Waals surface area contributed by atoms with Crippen molar-refractivity contribution < 1.29 is 4.79 Å². The maximum absolute atomic E-state index is 10.3. The zero-order valence-corrected chi connectivity index (χ0v) is 7.79. The van der Waals surface area contributed by atoms with Crippen LogP contribution >= 0.6 is 0 Å². The number of urea groups is 1. The van der Waals surface area contributed by atoms with E-state index in [2.05, 4.69) is 23.5 Å². The van der Waals surface area contributed by atoms with Gasteiger partial charge in [-0.1, -0.05) is 11.6 Å². The third-order valence-corrected chi connectivity index (χ3v) is 2.07. The first-order valence-corrected chi connectivity index (χ1v) is 4.42. The van der Waals surface area contributed by atoms with Gasteiger partial charge in [0.1, 0.15) is 0 Å². The molecule has 0 aromatic carbocycles. The number of rotatable bonds is 2. The molecule has 1 aliphatic carbocycles. The van der Waals surface area contributed by atoms with Gasteiger partial charge in [0.05, 0.1) is 0 Å². The van der Waals surface area contributed by atoms with Crippen molar-refractivity contribution in [2.24, 2.45) is 16.8 Å². The second kappa shape index (κ2) is 4.64. The molecular weight excluding hydrogens is 166 g/mol. The van der Waals surface area contributed by atoms with Crippen molar-refractivity contribution in [2.45, 2.75) is 26.2 Å². The number of allylic oxidation sites excluding steroid dienone is 2. The van der Waals surface area contributed by atoms with E-state index >= 15 is 0 Å². The highest BCUT2D eigenvalue weighted by Crippen LogP contribution is 2.21. The van der Waals surface area contributed by atoms with Crippen LogP contribution in [0.1, 0.15) is 26.2 Å². The molecule has 13 heavy (non-hydrogen) atoms. The summed E-state index contributed by atoms with van der Waals surface area (Å²) in [7, 11) is 0. The molecule has 0 heterocycles. The fourth-order valence-corrected chi connectivity index (χ4v) is 1.48. The van der Waals surface area contributed by atoms with Crippen molar-refractivity contribution >= 4 is 12.2 Å². The van der Waals surface area contributed by atoms with E-state index in [0.717, 1.165) is 19.3 Å². The number of nitrogens with two attached hydrogens (primary N) is 1. The van der Waals surface area contributed by atoms with Crippen molar-refractivity contribution in [3.8, 4) is 0 Å². The molecule has 0 spiro atoms. The van der Waals surface area contributed by atoms with E-state index in [9.17, 15) is 4.79 Å². The fourth-order valence-electron chi connectivity index (χ4n) is 1.48. The summed E-state index contributed by atoms with van der Waals surface area (Å²) in [6.07, 6.45) is 7.23. The van der Waals surface area contributed by atoms with Gasteiger partial charge in [0.15, 0.2) is 0 Å². The topological polar surface area (TPSA) is 67.5 Å². The van der Waals surface area contributed by atoms with Gasteiger partial charge in [0.2, 0.25) is 0 Å². The van der Waals surface area contributed by atoms with Crippen molar-refractivity contribution in [2.75, 3.05) is 0 Å². The lowest BCUT2D eigenvalue weighted by molar-refractivity contribution is 0.249. The maximum Gasteiger partial charge on any atom is 0.332 e. The Morgan fingerprint density at radius 1 is 1.85 bits per heavy atom. The molecule has 0 aliphatic heterocycles. The summed E-state index contributed by atoms with van der Waals surface area (Å²) < 4.78 is 0. The van der Waals surface area contributed by atoms with Crippen LogP contribution in [0.3, 0.4) is 0 Å². The molecule has 0 saturated heterocycles. The van der Waals surface area contributed by atoms with Gasteiger partial charge >= 0.3 is 6.03 Å². The smallest absolute Gasteiger partial charge is 0.332 e. The average Bonchev–Trinajstić information content (AvgIpc) is 2.03. The highest BCUT2D eigenvalue weighted by Gasteiger charge is 2.10. The number of hydrazone groups is 1. The molecule has 1 unspecified atom stereocenters. The Hall–Kier alpha value is -1.32. The third-order valence-electron chi connectivity index (χ3n) is 2.07. The van der Waals surface area contributed by atoms with E-state index in [1.165, 1.54) is 5.57 Å². The Balaban J connectivity index is 2.33. The summed E-state index contributed by atoms with van der Waals surface area (Å²) >= 11 is 0. The second-order valence-electron chi connectivity index (χ2n) is 3.35. The minimum absolute atomic E-state index is 0.442. The van der Waals surface area contributed by atoms with Crippen molar-refractivity contribution in [1.82, 2.24) is 5.43 Å². The van der Waals surface area contributed by atoms with Gasteiger partial charge in [-0.25, -0.2) is 10.2 Å². The quantitative estimate of drug-likeness (QED) is 0.377. The van der Waals surface area contributed by atoms with E-state index in [-0.39, 0.29) is 0 Å². The van der Waals surface area contributed by atoms with Crippen LogP contribution in [-0.4, -0.2) is 12.2 Å². The van der Waals surface area contributed by atoms with Gasteiger partial charge in [-0.15, -0.1) is 0 Å². The summed E-state index contributed by atoms with van der Waals surface area (Å²) in [6.45, 7) is 2.11. The van der Waals surface area contributed by atoms with Crippen molar-refractivity contribution in [3.63, 3.8) is 0 Å². The number of nitrogens with one attached hydrogen (secondary N) is 1. The van der Waals surface area contributed by atoms with Gasteiger partial charge in [-0.05, 0) is 32.1 Å². The van der Waals surface area contributed by atoms with Crippen LogP contribution in [-0.2, 0) is 0 Å². The predicted molar refractivity (Wildman–Crippen MR) is 52.3 cm³/mol. The van der Waals surface area contributed by atoms with Crippen molar-refractivity contribution in [1.29, 1.82) is 0 Å². The zero-order chi connectivity index (χ0) is 9.68. The molecular formula is C9H15N3O. The van der Waals surface area contributed by atoms with Crippen LogP contribution in [0.15, 0.2) is 16.8 Å². The SMILES string of the molecule is CC1=CCCC(/C=N/NC(N)=O)C1. The largest absolute Gasteiger partial charge is 0.350 e. The van der Waals surface area contributed by atoms with Crippen LogP contribution in [0.25, 0.3) is 0 Å². The molecule has 4 heteroatoms. The first-order chi connectivity index (χ1) is 6.18. The Morgan fingerprint density at radius 3 is 3.23 bits per heavy atom. The number of hydrogen-bond acceptors (Lipinski definition) is 2. The Kier molecular flexibility index (Phi) is 3.49. The Morgan fingerprint density at radius 2 is 2.62 bits per heavy atom. The molecule has 0 aromatic rings. The normalized spacial score (nSPS) is 22.8. The molecule has 0 aromatic heterocycles. The maximum atomic E-state index is 10.3. The number of hydrogen-bond donors (Lipinski definition) is 2. The Bertz CT molecular complexity index is 245. The number of carbonyl (C=O) groups is 1. The standard InChI is InChI=1S/C9H15N3O/c1-7-3-2-4-8(5-7)6-11-12-9(10)13/h3,6,8H,2,4-5H2,1H3,(H3,10,12,13)/b11-6+. The lowest BCUT2D eigenvalue weighted by atomic mass is 9.91. The molecule has 1 aliphatic rings. The highest BCUT2D eigenvalue weighted by atomic mass is 16.2. The third kappa shape index (κ3) is 3.73. The van der Waals surface area contributed by atoms with Gasteiger partial charge in [-0.3, -0.25) is 0 Å². The van der Waals surface area contributed by atoms with Crippen molar-refractivity contribution in [3.05, 3.63) is 11.6 Å². The summed E-state index contributed by atoms with van der Waals surface area (Å²) in [6, 6.07) is -0.612. The van der Waals surface area contributed by atoms with E-state index in [0.29, 0.717) is 5.92 Å². The monoisotopic (exact) mass is 181 g/mol. The number of carbonyl (C=O) groups excluding carboxylic acids is 1. The molecule has 0 saturated carbocycles. The summed E-state index contributed by atoms with van der Waals surface area (Å²) in [5.74, 6) is 0.442. The fraction of sp³-hybridized carbons (Fsp3) is 0.556. The van der Waals surface area contributed by atoms with Crippen LogP contribution in [0.5, 0.6) is 0 Å². The number of nitrogens with zero attached hydrogens (tertiary/aromatic N) is 1. The molecule has 0 radical (unpaired) electrons. The molecule has 2 amide bonds. The number of amides is 2. The molecule has 72 valence electrons. The molecule has 1 atom stereocenters. The Labute approximate surface area is 77.9 Å². The zero-order valence-electron chi connectivity index (χ0n) is 7.79. The molecule has 4 nitrogen and oxygen atoms in total. The van der Waals surface area contributed by atoms with Gasteiger partial charge in [0.25, 0.3) is 0 Å². The average molecular weight is 181 g/mol. The number of primary amides is 1. The van der Waals surface area contributed by atoms with E-state index < -0.39 is 6.03 Å². The van der Waals surface area contributed by atoms with E-state index in [1.807, 2.05) is 0 Å². The molecule has 3 N–H and O–H groups in total. The van der Waals surface area contributed by atoms with Crippen LogP contribution in [0.2, 0.25) is 0 Å². The van der Waals surface area contributed by atoms with Gasteiger partial charge in [-0.2, -0.15) is 5.10 Å². The highest BCUT2D eigenvalue weighted by molar-refractivity contribution is 5.73. The van der Waals surface area contributed by atoms with Crippen LogP contribution in [0.4, 0.5) is 4.79 Å². The van der Waals surface area contributed by atoms with E-state index in [1.54, 1.807) is 6.21 Å². The van der Waals surface area contributed by atoms with Gasteiger partial charge in [0, 0.05) is 6.21 Å². The first-order valence-electron chi connectivity index (χ1n) is 4.42. The summed E-state index contributed by atoms with van der Waals surface area (Å²) in [5, 5.41) is 3.75. The van der Waals surface area contributed by atoms with Crippen LogP contribution in [0, 0.1) is 5.92 Å². The predicted octanol–water partition coefficient (Wildman–Crippen LogP) is 1.39. The lowest BCUT2D eigenvalue weighted by Crippen LogP contribution is -2.25. The minimum atomic E-state index is -0.612. The van der Waals surface area contributed by atoms with E-state index in [4.69, 9.17) is 5.73 Å². The second-order valence-corrected chi connectivity index (χ2v) is 3.35. The molecule has 0 fully saturated rings. The lowest BCUT2D eigenvalue weighted by Gasteiger charge is -2.16. The summed E-state index contributed by atoms with van der Waals surface area (Å²) in [4.78, 5) is 10.3. The van der Waals surface area contributed by atoms with Gasteiger partial charge < -0.3 is 5.73 Å². The first kappa shape index (κ1) is 9.77. The summed E-state index contributed by atoms with van der Waals surface area (Å²) in [5.41, 5.74) is 8.45. The van der Waals surface area contributed by atoms with Crippen LogP contribution < -0.4 is 11.2 Å².